The number of aromatic nitrogens is 2. The van der Waals surface area contributed by atoms with Gasteiger partial charge in [-0.15, -0.1) is 0 Å². The Morgan fingerprint density at radius 3 is 2.94 bits per heavy atom. The van der Waals surface area contributed by atoms with Crippen LogP contribution in [0.5, 0.6) is 0 Å². The van der Waals surface area contributed by atoms with Crippen LogP contribution in [0.1, 0.15) is 15.9 Å². The van der Waals surface area contributed by atoms with Crippen LogP contribution in [0, 0.1) is 0 Å². The van der Waals surface area contributed by atoms with Gasteiger partial charge in [0.2, 0.25) is 0 Å². The van der Waals surface area contributed by atoms with Gasteiger partial charge in [-0.25, -0.2) is 4.79 Å². The SMILES string of the molecule is COC(=O)c1cnn(Cc2cccc(Cl)c2Cl)c1. The van der Waals surface area contributed by atoms with Gasteiger partial charge in [0.1, 0.15) is 0 Å². The van der Waals surface area contributed by atoms with E-state index in [0.717, 1.165) is 5.56 Å². The molecule has 0 bridgehead atoms. The predicted molar refractivity (Wildman–Crippen MR) is 69.1 cm³/mol. The third-order valence-electron chi connectivity index (χ3n) is 2.42. The van der Waals surface area contributed by atoms with E-state index in [1.165, 1.54) is 13.3 Å². The van der Waals surface area contributed by atoms with Crippen molar-refractivity contribution in [2.75, 3.05) is 7.11 Å². The summed E-state index contributed by atoms with van der Waals surface area (Å²) >= 11 is 12.0. The number of halogens is 2. The maximum absolute atomic E-state index is 11.3. The van der Waals surface area contributed by atoms with Crippen LogP contribution in [0.15, 0.2) is 30.6 Å². The van der Waals surface area contributed by atoms with Gasteiger partial charge in [0.05, 0.1) is 35.5 Å². The lowest BCUT2D eigenvalue weighted by atomic mass is 10.2. The highest BCUT2D eigenvalue weighted by molar-refractivity contribution is 6.42. The molecule has 18 heavy (non-hydrogen) atoms. The van der Waals surface area contributed by atoms with Crippen LogP contribution in [0.4, 0.5) is 0 Å². The molecule has 0 amide bonds. The molecule has 4 nitrogen and oxygen atoms in total. The quantitative estimate of drug-likeness (QED) is 0.814. The second kappa shape index (κ2) is 5.42. The van der Waals surface area contributed by atoms with E-state index in [0.29, 0.717) is 22.2 Å². The molecule has 0 saturated carbocycles. The second-order valence-corrected chi connectivity index (χ2v) is 4.42. The van der Waals surface area contributed by atoms with Crippen molar-refractivity contribution in [1.29, 1.82) is 0 Å². The standard InChI is InChI=1S/C12H10Cl2N2O2/c1-18-12(17)9-5-15-16(7-9)6-8-3-2-4-10(13)11(8)14/h2-5,7H,6H2,1H3. The van der Waals surface area contributed by atoms with Crippen LogP contribution in [-0.2, 0) is 11.3 Å². The molecule has 0 radical (unpaired) electrons. The van der Waals surface area contributed by atoms with Crippen LogP contribution in [0.3, 0.4) is 0 Å². The number of hydrogen-bond donors (Lipinski definition) is 0. The molecule has 0 fully saturated rings. The third kappa shape index (κ3) is 2.66. The normalized spacial score (nSPS) is 10.4. The van der Waals surface area contributed by atoms with Crippen LogP contribution in [0.25, 0.3) is 0 Å². The van der Waals surface area contributed by atoms with Crippen molar-refractivity contribution in [2.24, 2.45) is 0 Å². The van der Waals surface area contributed by atoms with E-state index in [9.17, 15) is 4.79 Å². The lowest BCUT2D eigenvalue weighted by molar-refractivity contribution is 0.0600. The molecule has 0 spiro atoms. The van der Waals surface area contributed by atoms with E-state index in [-0.39, 0.29) is 0 Å². The topological polar surface area (TPSA) is 44.1 Å². The average molecular weight is 285 g/mol. The van der Waals surface area contributed by atoms with Gasteiger partial charge in [-0.05, 0) is 11.6 Å². The Kier molecular flexibility index (Phi) is 3.89. The summed E-state index contributed by atoms with van der Waals surface area (Å²) in [5, 5.41) is 5.06. The van der Waals surface area contributed by atoms with E-state index >= 15 is 0 Å². The van der Waals surface area contributed by atoms with Crippen molar-refractivity contribution in [3.05, 3.63) is 51.8 Å². The summed E-state index contributed by atoms with van der Waals surface area (Å²) in [4.78, 5) is 11.3. The minimum Gasteiger partial charge on any atom is -0.465 e. The number of hydrogen-bond acceptors (Lipinski definition) is 3. The summed E-state index contributed by atoms with van der Waals surface area (Å²) in [6, 6.07) is 5.39. The number of carbonyl (C=O) groups excluding carboxylic acids is 1. The van der Waals surface area contributed by atoms with Crippen LogP contribution in [0.2, 0.25) is 10.0 Å². The van der Waals surface area contributed by atoms with Gasteiger partial charge in [0.25, 0.3) is 0 Å². The summed E-state index contributed by atoms with van der Waals surface area (Å²) < 4.78 is 6.20. The van der Waals surface area contributed by atoms with Gasteiger partial charge in [0.15, 0.2) is 0 Å². The number of carbonyl (C=O) groups is 1. The summed E-state index contributed by atoms with van der Waals surface area (Å²) in [6.45, 7) is 0.441. The molecule has 1 heterocycles. The Balaban J connectivity index is 2.21. The monoisotopic (exact) mass is 284 g/mol. The van der Waals surface area contributed by atoms with E-state index in [1.54, 1.807) is 16.9 Å². The highest BCUT2D eigenvalue weighted by atomic mass is 35.5. The first kappa shape index (κ1) is 12.9. The molecule has 0 unspecified atom stereocenters. The lowest BCUT2D eigenvalue weighted by Gasteiger charge is -2.05. The molecule has 0 aliphatic heterocycles. The van der Waals surface area contributed by atoms with Crippen molar-refractivity contribution in [3.8, 4) is 0 Å². The molecule has 0 aliphatic carbocycles. The Morgan fingerprint density at radius 2 is 2.22 bits per heavy atom. The molecular weight excluding hydrogens is 275 g/mol. The molecule has 6 heteroatoms. The van der Waals surface area contributed by atoms with Gasteiger partial charge in [-0.1, -0.05) is 35.3 Å². The number of rotatable bonds is 3. The summed E-state index contributed by atoms with van der Waals surface area (Å²) in [6.07, 6.45) is 3.05. The minimum absolute atomic E-state index is 0.399. The summed E-state index contributed by atoms with van der Waals surface area (Å²) in [7, 11) is 1.33. The van der Waals surface area contributed by atoms with Crippen LogP contribution < -0.4 is 0 Å². The zero-order valence-electron chi connectivity index (χ0n) is 9.56. The van der Waals surface area contributed by atoms with E-state index in [4.69, 9.17) is 23.2 Å². The molecule has 0 atom stereocenters. The fraction of sp³-hybridized carbons (Fsp3) is 0.167. The molecular formula is C12H10Cl2N2O2. The Labute approximate surface area is 114 Å². The van der Waals surface area contributed by atoms with Gasteiger partial charge in [0, 0.05) is 6.20 Å². The van der Waals surface area contributed by atoms with Gasteiger partial charge < -0.3 is 4.74 Å². The highest BCUT2D eigenvalue weighted by Gasteiger charge is 2.10. The van der Waals surface area contributed by atoms with Gasteiger partial charge in [-0.3, -0.25) is 4.68 Å². The molecule has 1 aromatic heterocycles. The first-order valence-electron chi connectivity index (χ1n) is 5.15. The zero-order valence-corrected chi connectivity index (χ0v) is 11.1. The first-order valence-corrected chi connectivity index (χ1v) is 5.91. The number of ether oxygens (including phenoxy) is 1. The lowest BCUT2D eigenvalue weighted by Crippen LogP contribution is -2.02. The van der Waals surface area contributed by atoms with Crippen molar-refractivity contribution >= 4 is 29.2 Å². The van der Waals surface area contributed by atoms with Crippen molar-refractivity contribution < 1.29 is 9.53 Å². The van der Waals surface area contributed by atoms with Crippen molar-refractivity contribution in [2.45, 2.75) is 6.54 Å². The van der Waals surface area contributed by atoms with Gasteiger partial charge in [-0.2, -0.15) is 5.10 Å². The largest absolute Gasteiger partial charge is 0.465 e. The Hall–Kier alpha value is -1.52. The minimum atomic E-state index is -0.418. The van der Waals surface area contributed by atoms with E-state index in [2.05, 4.69) is 9.84 Å². The Morgan fingerprint density at radius 1 is 1.44 bits per heavy atom. The summed E-state index contributed by atoms with van der Waals surface area (Å²) in [5.74, 6) is -0.418. The number of methoxy groups -OCH3 is 1. The van der Waals surface area contributed by atoms with Crippen LogP contribution in [-0.4, -0.2) is 22.9 Å². The van der Waals surface area contributed by atoms with Crippen LogP contribution >= 0.6 is 23.2 Å². The maximum Gasteiger partial charge on any atom is 0.341 e. The second-order valence-electron chi connectivity index (χ2n) is 3.63. The van der Waals surface area contributed by atoms with E-state index < -0.39 is 5.97 Å². The fourth-order valence-corrected chi connectivity index (χ4v) is 1.90. The molecule has 94 valence electrons. The fourth-order valence-electron chi connectivity index (χ4n) is 1.52. The van der Waals surface area contributed by atoms with Crippen molar-refractivity contribution in [3.63, 3.8) is 0 Å². The zero-order chi connectivity index (χ0) is 13.1. The molecule has 0 saturated heterocycles. The molecule has 0 N–H and O–H groups in total. The molecule has 2 rings (SSSR count). The highest BCUT2D eigenvalue weighted by Crippen LogP contribution is 2.25. The predicted octanol–water partition coefficient (Wildman–Crippen LogP) is 3.02. The average Bonchev–Trinajstić information content (AvgIpc) is 2.82. The molecule has 2 aromatic rings. The number of nitrogens with zero attached hydrogens (tertiary/aromatic N) is 2. The third-order valence-corrected chi connectivity index (χ3v) is 3.28. The number of esters is 1. The smallest absolute Gasteiger partial charge is 0.341 e. The Bertz CT molecular complexity index is 581. The summed E-state index contributed by atoms with van der Waals surface area (Å²) in [5.41, 5.74) is 1.24. The molecule has 0 aliphatic rings. The molecule has 1 aromatic carbocycles. The maximum atomic E-state index is 11.3. The first-order chi connectivity index (χ1) is 8.61. The number of benzene rings is 1. The van der Waals surface area contributed by atoms with E-state index in [1.807, 2.05) is 12.1 Å². The van der Waals surface area contributed by atoms with Gasteiger partial charge >= 0.3 is 5.97 Å². The van der Waals surface area contributed by atoms with Crippen molar-refractivity contribution in [1.82, 2.24) is 9.78 Å².